The number of benzene rings is 1. The summed E-state index contributed by atoms with van der Waals surface area (Å²) in [6.07, 6.45) is 7.54. The number of piperazine rings is 1. The number of pyridine rings is 1. The van der Waals surface area contributed by atoms with Gasteiger partial charge in [0, 0.05) is 55.7 Å². The van der Waals surface area contributed by atoms with Gasteiger partial charge >= 0.3 is 5.63 Å². The zero-order valence-electron chi connectivity index (χ0n) is 16.6. The molecule has 2 aliphatic rings. The fourth-order valence-corrected chi connectivity index (χ4v) is 4.45. The summed E-state index contributed by atoms with van der Waals surface area (Å²) in [7, 11) is 0. The molecule has 2 aromatic heterocycles. The number of aromatic nitrogens is 1. The zero-order valence-corrected chi connectivity index (χ0v) is 16.6. The van der Waals surface area contributed by atoms with Crippen LogP contribution >= 0.6 is 0 Å². The van der Waals surface area contributed by atoms with Crippen molar-refractivity contribution >= 4 is 22.0 Å². The van der Waals surface area contributed by atoms with Crippen molar-refractivity contribution in [2.75, 3.05) is 31.1 Å². The highest BCUT2D eigenvalue weighted by Gasteiger charge is 2.27. The van der Waals surface area contributed by atoms with Gasteiger partial charge in [0.05, 0.1) is 17.0 Å². The maximum Gasteiger partial charge on any atom is 0.344 e. The summed E-state index contributed by atoms with van der Waals surface area (Å²) >= 11 is 0. The molecule has 0 saturated carbocycles. The van der Waals surface area contributed by atoms with E-state index in [4.69, 9.17) is 9.68 Å². The Kier molecular flexibility index (Phi) is 4.82. The molecule has 0 N–H and O–H groups in total. The van der Waals surface area contributed by atoms with Crippen LogP contribution in [-0.4, -0.2) is 42.1 Å². The van der Waals surface area contributed by atoms with Gasteiger partial charge in [-0.05, 0) is 54.8 Å². The van der Waals surface area contributed by atoms with Gasteiger partial charge in [0.25, 0.3) is 0 Å². The molecule has 3 aromatic rings. The van der Waals surface area contributed by atoms with Crippen LogP contribution in [0.15, 0.2) is 64.1 Å². The Labute approximate surface area is 174 Å². The van der Waals surface area contributed by atoms with Gasteiger partial charge in [-0.2, -0.15) is 5.26 Å². The first-order valence-electron chi connectivity index (χ1n) is 10.3. The van der Waals surface area contributed by atoms with E-state index in [0.717, 1.165) is 50.0 Å². The summed E-state index contributed by atoms with van der Waals surface area (Å²) in [5.74, 6) is 0.666. The molecule has 0 unspecified atom stereocenters. The van der Waals surface area contributed by atoms with Crippen molar-refractivity contribution in [3.63, 3.8) is 0 Å². The van der Waals surface area contributed by atoms with E-state index < -0.39 is 0 Å². The molecule has 1 atom stereocenters. The van der Waals surface area contributed by atoms with Crippen LogP contribution in [0, 0.1) is 11.3 Å². The first-order chi connectivity index (χ1) is 14.7. The third-order valence-electron chi connectivity index (χ3n) is 6.13. The van der Waals surface area contributed by atoms with Crippen LogP contribution in [0.2, 0.25) is 0 Å². The van der Waals surface area contributed by atoms with E-state index in [1.165, 1.54) is 5.69 Å². The van der Waals surface area contributed by atoms with Crippen molar-refractivity contribution in [1.82, 2.24) is 9.88 Å². The Balaban J connectivity index is 1.28. The topological polar surface area (TPSA) is 73.4 Å². The summed E-state index contributed by atoms with van der Waals surface area (Å²) in [5.41, 5.74) is 2.67. The van der Waals surface area contributed by atoms with Crippen LogP contribution in [0.4, 0.5) is 5.69 Å². The maximum absolute atomic E-state index is 12.3. The number of nitrogens with zero attached hydrogens (tertiary/aromatic N) is 4. The molecule has 150 valence electrons. The molecule has 6 nitrogen and oxygen atoms in total. The van der Waals surface area contributed by atoms with E-state index in [2.05, 4.69) is 26.9 Å². The molecule has 1 aliphatic heterocycles. The van der Waals surface area contributed by atoms with Gasteiger partial charge in [-0.25, -0.2) is 4.79 Å². The van der Waals surface area contributed by atoms with Crippen LogP contribution in [-0.2, 0) is 0 Å². The highest BCUT2D eigenvalue weighted by atomic mass is 16.4. The van der Waals surface area contributed by atoms with Crippen molar-refractivity contribution in [1.29, 1.82) is 5.26 Å². The number of allylic oxidation sites excluding steroid dienone is 1. The van der Waals surface area contributed by atoms with Crippen molar-refractivity contribution in [2.45, 2.75) is 18.9 Å². The second kappa shape index (κ2) is 7.77. The summed E-state index contributed by atoms with van der Waals surface area (Å²) < 4.78 is 5.60. The molecule has 0 amide bonds. The molecular weight excluding hydrogens is 376 g/mol. The second-order valence-electron chi connectivity index (χ2n) is 7.84. The number of nitriles is 1. The standard InChI is InChI=1S/C24H22N4O2/c25-15-17-1-4-20(5-2-17)27-9-11-28(12-10-27)21-6-3-18(13-21)23-14-19-16-26-8-7-22(19)24(29)30-23/h1-2,4-5,7-8,13-14,16,21H,3,6,9-12H2/t21-/m1/s1. The number of hydrogen-bond donors (Lipinski definition) is 0. The van der Waals surface area contributed by atoms with Gasteiger partial charge in [-0.1, -0.05) is 6.08 Å². The highest BCUT2D eigenvalue weighted by Crippen LogP contribution is 2.32. The van der Waals surface area contributed by atoms with E-state index in [1.54, 1.807) is 18.5 Å². The lowest BCUT2D eigenvalue weighted by Gasteiger charge is -2.38. The molecule has 1 fully saturated rings. The van der Waals surface area contributed by atoms with E-state index >= 15 is 0 Å². The Bertz CT molecular complexity index is 1200. The molecule has 3 heterocycles. The molecule has 30 heavy (non-hydrogen) atoms. The van der Waals surface area contributed by atoms with Crippen LogP contribution in [0.25, 0.3) is 16.3 Å². The van der Waals surface area contributed by atoms with Crippen LogP contribution in [0.3, 0.4) is 0 Å². The summed E-state index contributed by atoms with van der Waals surface area (Å²) in [6.45, 7) is 3.89. The van der Waals surface area contributed by atoms with E-state index in [-0.39, 0.29) is 5.63 Å². The van der Waals surface area contributed by atoms with Crippen LogP contribution < -0.4 is 10.5 Å². The molecule has 1 aliphatic carbocycles. The van der Waals surface area contributed by atoms with Crippen LogP contribution in [0.1, 0.15) is 24.2 Å². The quantitative estimate of drug-likeness (QED) is 0.673. The summed E-state index contributed by atoms with van der Waals surface area (Å²) in [5, 5.41) is 10.4. The minimum Gasteiger partial charge on any atom is -0.423 e. The fourth-order valence-electron chi connectivity index (χ4n) is 4.45. The predicted octanol–water partition coefficient (Wildman–Crippen LogP) is 3.43. The number of hydrogen-bond acceptors (Lipinski definition) is 6. The largest absolute Gasteiger partial charge is 0.423 e. The van der Waals surface area contributed by atoms with E-state index in [0.29, 0.717) is 22.8 Å². The smallest absolute Gasteiger partial charge is 0.344 e. The normalized spacial score (nSPS) is 19.6. The van der Waals surface area contributed by atoms with Gasteiger partial charge < -0.3 is 9.32 Å². The number of anilines is 1. The number of fused-ring (bicyclic) bond motifs is 1. The monoisotopic (exact) mass is 398 g/mol. The molecule has 0 spiro atoms. The van der Waals surface area contributed by atoms with Gasteiger partial charge in [0.15, 0.2) is 0 Å². The van der Waals surface area contributed by atoms with Gasteiger partial charge in [0.2, 0.25) is 0 Å². The second-order valence-corrected chi connectivity index (χ2v) is 7.84. The lowest BCUT2D eigenvalue weighted by atomic mass is 10.1. The van der Waals surface area contributed by atoms with Gasteiger partial charge in [0.1, 0.15) is 5.76 Å². The predicted molar refractivity (Wildman–Crippen MR) is 116 cm³/mol. The average molecular weight is 398 g/mol. The highest BCUT2D eigenvalue weighted by molar-refractivity contribution is 5.82. The van der Waals surface area contributed by atoms with Gasteiger partial charge in [-0.3, -0.25) is 9.88 Å². The van der Waals surface area contributed by atoms with Crippen molar-refractivity contribution in [2.24, 2.45) is 0 Å². The van der Waals surface area contributed by atoms with Crippen molar-refractivity contribution < 1.29 is 4.42 Å². The Morgan fingerprint density at radius 3 is 2.67 bits per heavy atom. The fraction of sp³-hybridized carbons (Fsp3) is 0.292. The van der Waals surface area contributed by atoms with E-state index in [9.17, 15) is 4.79 Å². The van der Waals surface area contributed by atoms with Crippen molar-refractivity contribution in [3.8, 4) is 6.07 Å². The minimum absolute atomic E-state index is 0.301. The third-order valence-corrected chi connectivity index (χ3v) is 6.13. The maximum atomic E-state index is 12.3. The number of rotatable bonds is 3. The summed E-state index contributed by atoms with van der Waals surface area (Å²) in [4.78, 5) is 21.3. The lowest BCUT2D eigenvalue weighted by molar-refractivity contribution is 0.214. The van der Waals surface area contributed by atoms with Crippen molar-refractivity contribution in [3.05, 3.63) is 76.6 Å². The molecule has 5 rings (SSSR count). The Hall–Kier alpha value is -3.43. The zero-order chi connectivity index (χ0) is 20.5. The molecule has 0 bridgehead atoms. The molecular formula is C24H22N4O2. The van der Waals surface area contributed by atoms with Crippen LogP contribution in [0.5, 0.6) is 0 Å². The first kappa shape index (κ1) is 18.6. The first-order valence-corrected chi connectivity index (χ1v) is 10.3. The van der Waals surface area contributed by atoms with E-state index in [1.807, 2.05) is 30.3 Å². The molecule has 1 saturated heterocycles. The molecule has 1 aromatic carbocycles. The molecule has 0 radical (unpaired) electrons. The molecule has 6 heteroatoms. The SMILES string of the molecule is N#Cc1ccc(N2CCN([C@H]3C=C(c4cc5cnccc5c(=O)o4)CC3)CC2)cc1. The Morgan fingerprint density at radius 1 is 1.10 bits per heavy atom. The Morgan fingerprint density at radius 2 is 1.90 bits per heavy atom. The van der Waals surface area contributed by atoms with Gasteiger partial charge in [-0.15, -0.1) is 0 Å². The lowest BCUT2D eigenvalue weighted by Crippen LogP contribution is -2.49. The minimum atomic E-state index is -0.301. The third kappa shape index (κ3) is 3.49. The summed E-state index contributed by atoms with van der Waals surface area (Å²) in [6, 6.07) is 14.0. The average Bonchev–Trinajstić information content (AvgIpc) is 3.30.